The van der Waals surface area contributed by atoms with Crippen LogP contribution < -0.4 is 5.32 Å². The van der Waals surface area contributed by atoms with Crippen LogP contribution in [0.1, 0.15) is 361 Å². The maximum Gasteiger partial charge on any atom is 0.249 e. The van der Waals surface area contributed by atoms with Gasteiger partial charge in [0.2, 0.25) is 5.91 Å². The second-order valence-electron chi connectivity index (χ2n) is 26.0. The summed E-state index contributed by atoms with van der Waals surface area (Å²) in [7, 11) is 0. The summed E-state index contributed by atoms with van der Waals surface area (Å²) in [5, 5.41) is 76.5. The molecule has 0 aromatic heterocycles. The smallest absolute Gasteiger partial charge is 0.249 e. The number of hydrogen-bond donors (Lipinski definition) is 8. The first-order valence-corrected chi connectivity index (χ1v) is 36.9. The molecule has 0 aliphatic carbocycles. The molecule has 1 aliphatic heterocycles. The van der Waals surface area contributed by atoms with Crippen molar-refractivity contribution >= 4 is 5.91 Å². The van der Waals surface area contributed by atoms with Crippen LogP contribution in [0.15, 0.2) is 36.5 Å². The van der Waals surface area contributed by atoms with E-state index in [2.05, 4.69) is 55.6 Å². The normalized spacial score (nSPS) is 19.0. The number of amides is 1. The number of carbonyl (C=O) groups excluding carboxylic acids is 1. The summed E-state index contributed by atoms with van der Waals surface area (Å²) in [6.07, 6.45) is 69.6. The number of allylic oxidation sites excluding steroid dienone is 6. The number of ether oxygens (including phenoxy) is 2. The van der Waals surface area contributed by atoms with Crippen molar-refractivity contribution in [2.45, 2.75) is 416 Å². The number of nitrogens with one attached hydrogen (secondary N) is 1. The lowest BCUT2D eigenvalue weighted by molar-refractivity contribution is -0.303. The maximum atomic E-state index is 13.3. The second-order valence-corrected chi connectivity index (χ2v) is 26.0. The average Bonchev–Trinajstić information content (AvgIpc) is 3.67. The van der Waals surface area contributed by atoms with Gasteiger partial charge in [0.25, 0.3) is 0 Å². The summed E-state index contributed by atoms with van der Waals surface area (Å²) >= 11 is 0. The minimum absolute atomic E-state index is 0.248. The predicted octanol–water partition coefficient (Wildman–Crippen LogP) is 18.1. The lowest BCUT2D eigenvalue weighted by Gasteiger charge is -2.40. The minimum Gasteiger partial charge on any atom is -0.394 e. The van der Waals surface area contributed by atoms with Gasteiger partial charge in [0.05, 0.1) is 25.4 Å². The monoisotopic (exact) mass is 1200 g/mol. The molecule has 0 aromatic rings. The number of carbonyl (C=O) groups is 1. The Bertz CT molecular complexity index is 1480. The summed E-state index contributed by atoms with van der Waals surface area (Å²) in [6, 6.07) is -1.19. The Hall–Kier alpha value is -1.67. The molecule has 1 heterocycles. The molecule has 9 unspecified atom stereocenters. The summed E-state index contributed by atoms with van der Waals surface area (Å²) in [6.45, 7) is 3.49. The standard InChI is InChI=1S/C74H141NO10/c1-3-5-7-9-11-13-15-17-19-21-23-25-27-29-30-31-32-33-34-35-36-37-38-40-42-44-46-48-50-52-54-56-58-60-62-67(78)73(83)75-65(64-84-74-72(82)71(81)70(80)68(63-76)85-74)69(79)66(77)61-59-57-55-53-51-49-47-45-43-41-39-28-26-24-22-20-18-16-14-12-10-8-6-4-2/h31-32,45,47,53,55,65-72,74,76-82H,3-30,33-44,46,48-52,54,56-64H2,1-2H3,(H,75,83)/b32-31-,47-45+,55-53+. The first-order valence-electron chi connectivity index (χ1n) is 36.9. The quantitative estimate of drug-likeness (QED) is 0.0215. The van der Waals surface area contributed by atoms with E-state index < -0.39 is 74.2 Å². The SMILES string of the molecule is CCCCCCCCCCCCCCCC/C=C\CCCCCCCCCCCCCCCCCCC(O)C(=O)NC(COC1OC(CO)C(O)C(O)C1O)C(O)C(O)CCC/C=C/CC/C=C/CCCCCCCCCCCCCCCCC. The molecule has 85 heavy (non-hydrogen) atoms. The zero-order valence-electron chi connectivity index (χ0n) is 55.6. The van der Waals surface area contributed by atoms with Gasteiger partial charge in [0.1, 0.15) is 36.6 Å². The van der Waals surface area contributed by atoms with Gasteiger partial charge < -0.3 is 50.5 Å². The van der Waals surface area contributed by atoms with Crippen molar-refractivity contribution in [2.24, 2.45) is 0 Å². The Balaban J connectivity index is 2.18. The van der Waals surface area contributed by atoms with Crippen LogP contribution in [-0.4, -0.2) is 110 Å². The number of unbranched alkanes of at least 4 members (excludes halogenated alkanes) is 47. The van der Waals surface area contributed by atoms with Crippen LogP contribution in [0, 0.1) is 0 Å². The number of hydrogen-bond acceptors (Lipinski definition) is 10. The highest BCUT2D eigenvalue weighted by molar-refractivity contribution is 5.80. The Morgan fingerprint density at radius 3 is 1.05 bits per heavy atom. The third kappa shape index (κ3) is 49.8. The molecule has 1 amide bonds. The van der Waals surface area contributed by atoms with Gasteiger partial charge in [0.15, 0.2) is 6.29 Å². The van der Waals surface area contributed by atoms with E-state index in [0.29, 0.717) is 19.3 Å². The first kappa shape index (κ1) is 81.3. The van der Waals surface area contributed by atoms with Crippen molar-refractivity contribution in [3.05, 3.63) is 36.5 Å². The molecule has 502 valence electrons. The molecular formula is C74H141NO10. The van der Waals surface area contributed by atoms with Gasteiger partial charge in [-0.1, -0.05) is 320 Å². The molecule has 11 heteroatoms. The highest BCUT2D eigenvalue weighted by Gasteiger charge is 2.44. The fourth-order valence-corrected chi connectivity index (χ4v) is 12.0. The summed E-state index contributed by atoms with van der Waals surface area (Å²) in [5.74, 6) is -0.704. The second kappa shape index (κ2) is 62.5. The van der Waals surface area contributed by atoms with E-state index in [-0.39, 0.29) is 12.8 Å². The Morgan fingerprint density at radius 1 is 0.400 bits per heavy atom. The van der Waals surface area contributed by atoms with Gasteiger partial charge in [0, 0.05) is 0 Å². The van der Waals surface area contributed by atoms with Crippen molar-refractivity contribution in [2.75, 3.05) is 13.2 Å². The van der Waals surface area contributed by atoms with Crippen molar-refractivity contribution in [3.63, 3.8) is 0 Å². The first-order chi connectivity index (χ1) is 41.7. The van der Waals surface area contributed by atoms with Crippen molar-refractivity contribution in [1.29, 1.82) is 0 Å². The van der Waals surface area contributed by atoms with E-state index in [9.17, 15) is 40.5 Å². The molecule has 1 aliphatic rings. The molecule has 9 atom stereocenters. The molecule has 8 N–H and O–H groups in total. The number of aliphatic hydroxyl groups is 7. The van der Waals surface area contributed by atoms with Gasteiger partial charge in [-0.15, -0.1) is 0 Å². The third-order valence-corrected chi connectivity index (χ3v) is 17.9. The van der Waals surface area contributed by atoms with Crippen molar-refractivity contribution in [1.82, 2.24) is 5.32 Å². The summed E-state index contributed by atoms with van der Waals surface area (Å²) in [5.41, 5.74) is 0. The van der Waals surface area contributed by atoms with Crippen LogP contribution in [0.4, 0.5) is 0 Å². The molecule has 1 rings (SSSR count). The average molecular weight is 1200 g/mol. The molecule has 1 fully saturated rings. The van der Waals surface area contributed by atoms with E-state index in [1.165, 1.54) is 276 Å². The molecular weight excluding hydrogens is 1060 g/mol. The summed E-state index contributed by atoms with van der Waals surface area (Å²) in [4.78, 5) is 13.3. The molecule has 0 spiro atoms. The molecule has 0 bridgehead atoms. The van der Waals surface area contributed by atoms with Crippen LogP contribution in [0.2, 0.25) is 0 Å². The fourth-order valence-electron chi connectivity index (χ4n) is 12.0. The van der Waals surface area contributed by atoms with Gasteiger partial charge in [-0.2, -0.15) is 0 Å². The topological polar surface area (TPSA) is 189 Å². The number of aliphatic hydroxyl groups excluding tert-OH is 7. The lowest BCUT2D eigenvalue weighted by Crippen LogP contribution is -2.60. The third-order valence-electron chi connectivity index (χ3n) is 17.9. The zero-order chi connectivity index (χ0) is 61.7. The van der Waals surface area contributed by atoms with E-state index in [1.807, 2.05) is 0 Å². The van der Waals surface area contributed by atoms with Crippen molar-refractivity contribution in [3.8, 4) is 0 Å². The predicted molar refractivity (Wildman–Crippen MR) is 358 cm³/mol. The van der Waals surface area contributed by atoms with Crippen LogP contribution in [0.25, 0.3) is 0 Å². The maximum absolute atomic E-state index is 13.3. The Kier molecular flexibility index (Phi) is 59.8. The van der Waals surface area contributed by atoms with Gasteiger partial charge in [-0.25, -0.2) is 0 Å². The lowest BCUT2D eigenvalue weighted by atomic mass is 9.98. The van der Waals surface area contributed by atoms with Crippen LogP contribution in [0.3, 0.4) is 0 Å². The van der Waals surface area contributed by atoms with E-state index in [1.54, 1.807) is 0 Å². The summed E-state index contributed by atoms with van der Waals surface area (Å²) < 4.78 is 11.2. The Morgan fingerprint density at radius 2 is 0.706 bits per heavy atom. The highest BCUT2D eigenvalue weighted by Crippen LogP contribution is 2.24. The molecule has 0 radical (unpaired) electrons. The Labute approximate surface area is 524 Å². The fraction of sp³-hybridized carbons (Fsp3) is 0.905. The molecule has 0 aromatic carbocycles. The highest BCUT2D eigenvalue weighted by atomic mass is 16.7. The number of rotatable bonds is 65. The van der Waals surface area contributed by atoms with Gasteiger partial charge in [-0.05, 0) is 77.0 Å². The van der Waals surface area contributed by atoms with Crippen molar-refractivity contribution < 1.29 is 50.0 Å². The molecule has 1 saturated heterocycles. The minimum atomic E-state index is -1.67. The van der Waals surface area contributed by atoms with E-state index in [0.717, 1.165) is 38.5 Å². The molecule has 0 saturated carbocycles. The van der Waals surface area contributed by atoms with Gasteiger partial charge in [-0.3, -0.25) is 4.79 Å². The van der Waals surface area contributed by atoms with Gasteiger partial charge >= 0.3 is 0 Å². The van der Waals surface area contributed by atoms with Crippen LogP contribution in [0.5, 0.6) is 0 Å². The van der Waals surface area contributed by atoms with Crippen LogP contribution >= 0.6 is 0 Å². The molecule has 11 nitrogen and oxygen atoms in total. The van der Waals surface area contributed by atoms with E-state index >= 15 is 0 Å². The van der Waals surface area contributed by atoms with E-state index in [4.69, 9.17) is 9.47 Å². The van der Waals surface area contributed by atoms with Crippen LogP contribution in [-0.2, 0) is 14.3 Å². The largest absolute Gasteiger partial charge is 0.394 e. The zero-order valence-corrected chi connectivity index (χ0v) is 55.6.